The lowest BCUT2D eigenvalue weighted by Crippen LogP contribution is -2.26. The Morgan fingerprint density at radius 2 is 2.10 bits per heavy atom. The molecule has 0 saturated carbocycles. The number of carboxylic acid groups (broad SMARTS) is 1. The van der Waals surface area contributed by atoms with E-state index in [0.717, 1.165) is 5.56 Å². The van der Waals surface area contributed by atoms with E-state index in [1.165, 1.54) is 18.5 Å². The van der Waals surface area contributed by atoms with Crippen molar-refractivity contribution >= 4 is 23.5 Å². The smallest absolute Gasteiger partial charge is 0.335 e. The lowest BCUT2D eigenvalue weighted by atomic mass is 10.1. The molecule has 0 saturated heterocycles. The first-order valence-electron chi connectivity index (χ1n) is 6.28. The number of carbonyl (C=O) groups is 2. The van der Waals surface area contributed by atoms with Crippen molar-refractivity contribution in [2.24, 2.45) is 0 Å². The molecule has 5 nitrogen and oxygen atoms in total. The van der Waals surface area contributed by atoms with E-state index in [4.69, 9.17) is 16.7 Å². The SMILES string of the molecule is O=C(O)c1cccc(CCNC(=O)c2ccncc2Cl)c1. The van der Waals surface area contributed by atoms with Crippen LogP contribution in [0.25, 0.3) is 0 Å². The van der Waals surface area contributed by atoms with Gasteiger partial charge in [-0.2, -0.15) is 0 Å². The quantitative estimate of drug-likeness (QED) is 0.889. The number of aromatic carboxylic acids is 1. The zero-order chi connectivity index (χ0) is 15.2. The number of nitrogens with one attached hydrogen (secondary N) is 1. The number of hydrogen-bond acceptors (Lipinski definition) is 3. The molecule has 1 amide bonds. The van der Waals surface area contributed by atoms with Crippen LogP contribution in [0.2, 0.25) is 5.02 Å². The molecule has 0 atom stereocenters. The molecular weight excluding hydrogens is 292 g/mol. The summed E-state index contributed by atoms with van der Waals surface area (Å²) in [6.45, 7) is 0.389. The zero-order valence-corrected chi connectivity index (χ0v) is 11.8. The van der Waals surface area contributed by atoms with Gasteiger partial charge in [-0.25, -0.2) is 4.79 Å². The van der Waals surface area contributed by atoms with Crippen LogP contribution in [0.5, 0.6) is 0 Å². The largest absolute Gasteiger partial charge is 0.478 e. The Bertz CT molecular complexity index is 673. The summed E-state index contributed by atoms with van der Waals surface area (Å²) in [7, 11) is 0. The van der Waals surface area contributed by atoms with Gasteiger partial charge >= 0.3 is 5.97 Å². The van der Waals surface area contributed by atoms with Crippen LogP contribution < -0.4 is 5.32 Å². The first-order chi connectivity index (χ1) is 10.1. The summed E-state index contributed by atoms with van der Waals surface area (Å²) in [6.07, 6.45) is 3.44. The number of nitrogens with zero attached hydrogens (tertiary/aromatic N) is 1. The molecule has 21 heavy (non-hydrogen) atoms. The van der Waals surface area contributed by atoms with Crippen molar-refractivity contribution in [3.8, 4) is 0 Å². The van der Waals surface area contributed by atoms with Gasteiger partial charge in [-0.15, -0.1) is 0 Å². The first kappa shape index (κ1) is 15.0. The van der Waals surface area contributed by atoms with Crippen LogP contribution in [-0.2, 0) is 6.42 Å². The minimum absolute atomic E-state index is 0.232. The third-order valence-electron chi connectivity index (χ3n) is 2.89. The second-order valence-electron chi connectivity index (χ2n) is 4.37. The van der Waals surface area contributed by atoms with E-state index in [1.54, 1.807) is 18.2 Å². The molecule has 0 aliphatic carbocycles. The Morgan fingerprint density at radius 3 is 2.81 bits per heavy atom. The summed E-state index contributed by atoms with van der Waals surface area (Å²) in [5, 5.41) is 11.9. The van der Waals surface area contributed by atoms with Crippen LogP contribution in [0.4, 0.5) is 0 Å². The predicted molar refractivity (Wildman–Crippen MR) is 78.7 cm³/mol. The van der Waals surface area contributed by atoms with Crippen LogP contribution in [0.3, 0.4) is 0 Å². The summed E-state index contributed by atoms with van der Waals surface area (Å²) in [6, 6.07) is 8.16. The number of carboxylic acids is 1. The number of benzene rings is 1. The van der Waals surface area contributed by atoms with E-state index in [0.29, 0.717) is 23.6 Å². The van der Waals surface area contributed by atoms with Crippen LogP contribution in [0, 0.1) is 0 Å². The van der Waals surface area contributed by atoms with Gasteiger partial charge < -0.3 is 10.4 Å². The number of carbonyl (C=O) groups excluding carboxylic acids is 1. The van der Waals surface area contributed by atoms with E-state index in [-0.39, 0.29) is 11.5 Å². The molecule has 1 aromatic carbocycles. The fourth-order valence-electron chi connectivity index (χ4n) is 1.83. The van der Waals surface area contributed by atoms with Crippen molar-refractivity contribution in [3.63, 3.8) is 0 Å². The van der Waals surface area contributed by atoms with Gasteiger partial charge in [0.15, 0.2) is 0 Å². The van der Waals surface area contributed by atoms with Crippen molar-refractivity contribution in [1.82, 2.24) is 10.3 Å². The van der Waals surface area contributed by atoms with Crippen molar-refractivity contribution in [2.45, 2.75) is 6.42 Å². The van der Waals surface area contributed by atoms with Gasteiger partial charge in [0.25, 0.3) is 5.91 Å². The minimum atomic E-state index is -0.968. The number of rotatable bonds is 5. The van der Waals surface area contributed by atoms with Crippen LogP contribution in [-0.4, -0.2) is 28.5 Å². The maximum absolute atomic E-state index is 11.9. The van der Waals surface area contributed by atoms with Gasteiger partial charge in [-0.05, 0) is 30.2 Å². The van der Waals surface area contributed by atoms with E-state index >= 15 is 0 Å². The first-order valence-corrected chi connectivity index (χ1v) is 6.65. The average Bonchev–Trinajstić information content (AvgIpc) is 2.48. The number of amides is 1. The summed E-state index contributed by atoms with van der Waals surface area (Å²) in [5.41, 5.74) is 1.44. The van der Waals surface area contributed by atoms with Crippen LogP contribution in [0.1, 0.15) is 26.3 Å². The van der Waals surface area contributed by atoms with E-state index < -0.39 is 5.97 Å². The van der Waals surface area contributed by atoms with Gasteiger partial charge in [0.2, 0.25) is 0 Å². The molecule has 2 rings (SSSR count). The van der Waals surface area contributed by atoms with E-state index in [9.17, 15) is 9.59 Å². The summed E-state index contributed by atoms with van der Waals surface area (Å²) in [4.78, 5) is 26.6. The van der Waals surface area contributed by atoms with Crippen molar-refractivity contribution < 1.29 is 14.7 Å². The minimum Gasteiger partial charge on any atom is -0.478 e. The lowest BCUT2D eigenvalue weighted by Gasteiger charge is -2.07. The number of halogens is 1. The normalized spacial score (nSPS) is 10.1. The Balaban J connectivity index is 1.93. The molecular formula is C15H13ClN2O3. The summed E-state index contributed by atoms with van der Waals surface area (Å²) >= 11 is 5.88. The Hall–Kier alpha value is -2.40. The van der Waals surface area contributed by atoms with E-state index in [2.05, 4.69) is 10.3 Å². The molecule has 0 aliphatic heterocycles. The standard InChI is InChI=1S/C15H13ClN2O3/c16-13-9-17-6-5-12(13)14(19)18-7-4-10-2-1-3-11(8-10)15(20)21/h1-3,5-6,8-9H,4,7H2,(H,18,19)(H,20,21). The molecule has 108 valence electrons. The maximum atomic E-state index is 11.9. The highest BCUT2D eigenvalue weighted by atomic mass is 35.5. The predicted octanol–water partition coefficient (Wildman–Crippen LogP) is 2.41. The number of aromatic nitrogens is 1. The summed E-state index contributed by atoms with van der Waals surface area (Å²) < 4.78 is 0. The maximum Gasteiger partial charge on any atom is 0.335 e. The molecule has 0 unspecified atom stereocenters. The van der Waals surface area contributed by atoms with Gasteiger partial charge in [0.05, 0.1) is 16.1 Å². The molecule has 2 aromatic rings. The van der Waals surface area contributed by atoms with Crippen molar-refractivity contribution in [1.29, 1.82) is 0 Å². The van der Waals surface area contributed by atoms with Gasteiger partial charge in [0, 0.05) is 18.9 Å². The zero-order valence-electron chi connectivity index (χ0n) is 11.0. The van der Waals surface area contributed by atoms with Crippen molar-refractivity contribution in [2.75, 3.05) is 6.54 Å². The van der Waals surface area contributed by atoms with Crippen molar-refractivity contribution in [3.05, 3.63) is 64.4 Å². The molecule has 0 radical (unpaired) electrons. The van der Waals surface area contributed by atoms with Gasteiger partial charge in [-0.3, -0.25) is 9.78 Å². The fraction of sp³-hybridized carbons (Fsp3) is 0.133. The third-order valence-corrected chi connectivity index (χ3v) is 3.19. The molecule has 0 spiro atoms. The fourth-order valence-corrected chi connectivity index (χ4v) is 2.04. The number of hydrogen-bond donors (Lipinski definition) is 2. The van der Waals surface area contributed by atoms with Crippen LogP contribution in [0.15, 0.2) is 42.7 Å². The topological polar surface area (TPSA) is 79.3 Å². The van der Waals surface area contributed by atoms with E-state index in [1.807, 2.05) is 6.07 Å². The highest BCUT2D eigenvalue weighted by molar-refractivity contribution is 6.33. The lowest BCUT2D eigenvalue weighted by molar-refractivity contribution is 0.0696. The second-order valence-corrected chi connectivity index (χ2v) is 4.77. The second kappa shape index (κ2) is 6.85. The third kappa shape index (κ3) is 4.03. The van der Waals surface area contributed by atoms with Gasteiger partial charge in [0.1, 0.15) is 0 Å². The Morgan fingerprint density at radius 1 is 1.29 bits per heavy atom. The molecule has 0 fully saturated rings. The van der Waals surface area contributed by atoms with Gasteiger partial charge in [-0.1, -0.05) is 23.7 Å². The molecule has 6 heteroatoms. The Kier molecular flexibility index (Phi) is 4.90. The molecule has 0 bridgehead atoms. The molecule has 1 heterocycles. The molecule has 2 N–H and O–H groups in total. The monoisotopic (exact) mass is 304 g/mol. The van der Waals surface area contributed by atoms with Crippen LogP contribution >= 0.6 is 11.6 Å². The molecule has 1 aromatic heterocycles. The average molecular weight is 305 g/mol. The highest BCUT2D eigenvalue weighted by Crippen LogP contribution is 2.13. The summed E-state index contributed by atoms with van der Waals surface area (Å²) in [5.74, 6) is -1.25. The number of pyridine rings is 1. The highest BCUT2D eigenvalue weighted by Gasteiger charge is 2.09. The Labute approximate surface area is 126 Å². The molecule has 0 aliphatic rings.